The Kier molecular flexibility index (Phi) is 3.75. The van der Waals surface area contributed by atoms with Gasteiger partial charge < -0.3 is 5.11 Å². The molecule has 1 aromatic carbocycles. The highest BCUT2D eigenvalue weighted by Crippen LogP contribution is 2.56. The summed E-state index contributed by atoms with van der Waals surface area (Å²) in [5.74, 6) is 1.98. The highest BCUT2D eigenvalue weighted by molar-refractivity contribution is 6.11. The van der Waals surface area contributed by atoms with Gasteiger partial charge in [-0.3, -0.25) is 4.79 Å². The molecule has 2 fully saturated rings. The van der Waals surface area contributed by atoms with Crippen molar-refractivity contribution in [3.05, 3.63) is 35.9 Å². The molecule has 0 radical (unpaired) electrons. The number of hydrogen-bond donors (Lipinski definition) is 1. The monoisotopic (exact) mass is 326 g/mol. The summed E-state index contributed by atoms with van der Waals surface area (Å²) in [6, 6.07) is 9.50. The van der Waals surface area contributed by atoms with Gasteiger partial charge >= 0.3 is 0 Å². The molecule has 1 amide bonds. The number of fused-ring (bicyclic) bond motifs is 2. The number of aliphatic hydroxyl groups is 1. The third kappa shape index (κ3) is 2.31. The molecule has 4 heteroatoms. The lowest BCUT2D eigenvalue weighted by Gasteiger charge is -2.36. The molecular weight excluding hydrogens is 300 g/mol. The molecule has 1 aliphatic heterocycles. The molecule has 2 saturated carbocycles. The molecule has 1 N–H and O–H groups in total. The van der Waals surface area contributed by atoms with E-state index in [9.17, 15) is 9.90 Å². The zero-order chi connectivity index (χ0) is 16.9. The van der Waals surface area contributed by atoms with E-state index in [0.29, 0.717) is 11.8 Å². The van der Waals surface area contributed by atoms with Gasteiger partial charge in [0.25, 0.3) is 5.91 Å². The van der Waals surface area contributed by atoms with Crippen molar-refractivity contribution < 1.29 is 9.90 Å². The fourth-order valence-corrected chi connectivity index (χ4v) is 5.20. The average molecular weight is 326 g/mol. The van der Waals surface area contributed by atoms with Gasteiger partial charge in [0.1, 0.15) is 0 Å². The second-order valence-corrected chi connectivity index (χ2v) is 7.98. The van der Waals surface area contributed by atoms with Crippen LogP contribution in [0.3, 0.4) is 0 Å². The van der Waals surface area contributed by atoms with E-state index in [4.69, 9.17) is 0 Å². The van der Waals surface area contributed by atoms with Gasteiger partial charge in [0.2, 0.25) is 0 Å². The number of β-amino-alcohol motifs (C(OH)–C–C–N with tert-alkyl or cyclic N) is 1. The Morgan fingerprint density at radius 1 is 1.29 bits per heavy atom. The molecule has 24 heavy (non-hydrogen) atoms. The molecule has 0 saturated heterocycles. The van der Waals surface area contributed by atoms with Crippen molar-refractivity contribution in [2.75, 3.05) is 6.54 Å². The SMILES string of the molecule is CC1=NN(CC(O)c2ccccc2)C(=O)C1(C)[C@@H]1C[C@H]2CC[C@@H]1C2. The van der Waals surface area contributed by atoms with Crippen LogP contribution in [0, 0.1) is 23.2 Å². The molecular formula is C20H26N2O2. The van der Waals surface area contributed by atoms with Gasteiger partial charge in [-0.15, -0.1) is 0 Å². The van der Waals surface area contributed by atoms with Crippen LogP contribution in [0.1, 0.15) is 51.2 Å². The summed E-state index contributed by atoms with van der Waals surface area (Å²) in [5, 5.41) is 16.5. The predicted molar refractivity (Wildman–Crippen MR) is 93.3 cm³/mol. The maximum atomic E-state index is 13.2. The van der Waals surface area contributed by atoms with Crippen molar-refractivity contribution >= 4 is 11.6 Å². The molecule has 2 bridgehead atoms. The Morgan fingerprint density at radius 2 is 2.04 bits per heavy atom. The predicted octanol–water partition coefficient (Wildman–Crippen LogP) is 3.38. The normalized spacial score (nSPS) is 36.3. The molecule has 3 aliphatic rings. The van der Waals surface area contributed by atoms with Gasteiger partial charge in [0, 0.05) is 0 Å². The third-order valence-electron chi connectivity index (χ3n) is 6.71. The van der Waals surface area contributed by atoms with E-state index in [-0.39, 0.29) is 12.5 Å². The molecule has 4 nitrogen and oxygen atoms in total. The first-order chi connectivity index (χ1) is 11.5. The number of hydrogen-bond acceptors (Lipinski definition) is 3. The first-order valence-electron chi connectivity index (χ1n) is 9.10. The van der Waals surface area contributed by atoms with Gasteiger partial charge in [-0.2, -0.15) is 5.10 Å². The molecule has 2 aliphatic carbocycles. The zero-order valence-corrected chi connectivity index (χ0v) is 14.5. The lowest BCUT2D eigenvalue weighted by atomic mass is 9.66. The summed E-state index contributed by atoms with van der Waals surface area (Å²) in [4.78, 5) is 13.2. The Bertz CT molecular complexity index is 671. The summed E-state index contributed by atoms with van der Waals surface area (Å²) in [6.45, 7) is 4.30. The van der Waals surface area contributed by atoms with Crippen LogP contribution < -0.4 is 0 Å². The molecule has 0 spiro atoms. The number of benzene rings is 1. The molecule has 1 heterocycles. The summed E-state index contributed by atoms with van der Waals surface area (Å²) in [6.07, 6.45) is 4.34. The molecule has 128 valence electrons. The van der Waals surface area contributed by atoms with Gasteiger partial charge in [-0.1, -0.05) is 36.8 Å². The van der Waals surface area contributed by atoms with Crippen molar-refractivity contribution in [3.63, 3.8) is 0 Å². The number of amides is 1. The van der Waals surface area contributed by atoms with Gasteiger partial charge in [-0.25, -0.2) is 5.01 Å². The molecule has 4 rings (SSSR count). The van der Waals surface area contributed by atoms with E-state index in [2.05, 4.69) is 12.0 Å². The fraction of sp³-hybridized carbons (Fsp3) is 0.600. The van der Waals surface area contributed by atoms with Crippen LogP contribution in [0.5, 0.6) is 0 Å². The quantitative estimate of drug-likeness (QED) is 0.922. The van der Waals surface area contributed by atoms with Crippen LogP contribution in [0.25, 0.3) is 0 Å². The summed E-state index contributed by atoms with van der Waals surface area (Å²) in [7, 11) is 0. The van der Waals surface area contributed by atoms with Gasteiger partial charge in [0.05, 0.1) is 23.8 Å². The molecule has 5 atom stereocenters. The first-order valence-corrected chi connectivity index (χ1v) is 9.10. The van der Waals surface area contributed by atoms with Crippen LogP contribution in [-0.2, 0) is 4.79 Å². The minimum Gasteiger partial charge on any atom is -0.386 e. The number of rotatable bonds is 4. The Morgan fingerprint density at radius 3 is 2.67 bits per heavy atom. The van der Waals surface area contributed by atoms with Crippen LogP contribution in [0.4, 0.5) is 0 Å². The van der Waals surface area contributed by atoms with Gasteiger partial charge in [0.15, 0.2) is 0 Å². The fourth-order valence-electron chi connectivity index (χ4n) is 5.20. The molecule has 1 aromatic rings. The van der Waals surface area contributed by atoms with Crippen LogP contribution >= 0.6 is 0 Å². The first kappa shape index (κ1) is 15.8. The Hall–Kier alpha value is -1.68. The van der Waals surface area contributed by atoms with E-state index in [0.717, 1.165) is 23.6 Å². The lowest BCUT2D eigenvalue weighted by molar-refractivity contribution is -0.140. The second-order valence-electron chi connectivity index (χ2n) is 7.98. The van der Waals surface area contributed by atoms with Crippen LogP contribution in [0.15, 0.2) is 35.4 Å². The van der Waals surface area contributed by atoms with Crippen molar-refractivity contribution in [3.8, 4) is 0 Å². The summed E-state index contributed by atoms with van der Waals surface area (Å²) >= 11 is 0. The van der Waals surface area contributed by atoms with Crippen LogP contribution in [-0.4, -0.2) is 28.3 Å². The molecule has 2 unspecified atom stereocenters. The van der Waals surface area contributed by atoms with E-state index < -0.39 is 11.5 Å². The smallest absolute Gasteiger partial charge is 0.254 e. The number of carbonyl (C=O) groups excluding carboxylic acids is 1. The van der Waals surface area contributed by atoms with E-state index in [1.165, 1.54) is 24.3 Å². The second kappa shape index (κ2) is 5.69. The van der Waals surface area contributed by atoms with Crippen molar-refractivity contribution in [2.45, 2.75) is 45.6 Å². The third-order valence-corrected chi connectivity index (χ3v) is 6.71. The number of nitrogens with zero attached hydrogens (tertiary/aromatic N) is 2. The Balaban J connectivity index is 1.52. The maximum absolute atomic E-state index is 13.2. The van der Waals surface area contributed by atoms with E-state index in [1.807, 2.05) is 37.3 Å². The number of carbonyl (C=O) groups is 1. The number of aliphatic hydroxyl groups excluding tert-OH is 1. The lowest BCUT2D eigenvalue weighted by Crippen LogP contribution is -2.45. The van der Waals surface area contributed by atoms with E-state index in [1.54, 1.807) is 0 Å². The Labute approximate surface area is 143 Å². The number of hydrazone groups is 1. The van der Waals surface area contributed by atoms with Crippen LogP contribution in [0.2, 0.25) is 0 Å². The molecule has 0 aromatic heterocycles. The standard InChI is InChI=1S/C20H26N2O2/c1-13-20(2,17-11-14-8-9-16(17)10-14)19(24)22(21-13)12-18(23)15-6-4-3-5-7-15/h3-7,14,16-18,23H,8-12H2,1-2H3/t14-,16+,17+,18?,20?/m0/s1. The van der Waals surface area contributed by atoms with Crippen molar-refractivity contribution in [1.82, 2.24) is 5.01 Å². The summed E-state index contributed by atoms with van der Waals surface area (Å²) in [5.41, 5.74) is 1.27. The summed E-state index contributed by atoms with van der Waals surface area (Å²) < 4.78 is 0. The minimum absolute atomic E-state index is 0.0764. The van der Waals surface area contributed by atoms with Crippen molar-refractivity contribution in [1.29, 1.82) is 0 Å². The average Bonchev–Trinajstić information content (AvgIpc) is 3.28. The minimum atomic E-state index is -0.700. The highest BCUT2D eigenvalue weighted by atomic mass is 16.3. The topological polar surface area (TPSA) is 52.9 Å². The highest BCUT2D eigenvalue weighted by Gasteiger charge is 2.57. The van der Waals surface area contributed by atoms with Crippen molar-refractivity contribution in [2.24, 2.45) is 28.3 Å². The maximum Gasteiger partial charge on any atom is 0.254 e. The van der Waals surface area contributed by atoms with E-state index >= 15 is 0 Å². The largest absolute Gasteiger partial charge is 0.386 e. The zero-order valence-electron chi connectivity index (χ0n) is 14.5. The van der Waals surface area contributed by atoms with Gasteiger partial charge in [-0.05, 0) is 56.4 Å².